The number of nitrogens with one attached hydrogen (secondary N) is 1. The number of nitriles is 1. The van der Waals surface area contributed by atoms with E-state index in [0.29, 0.717) is 23.8 Å². The molecule has 7 heteroatoms. The standard InChI is InChI=1S/C27H25N5OS/c28-15-14-20-8-4-5-9-21(20)18-31-16-6-13-25(31)26(33)30-27-29-23(19-34-27)24-12-7-17-32(24)22-10-2-1-3-11-22/h1-6,8-11,13,16,19,24H,7,12,14,17-18H2,(H,29,30,33). The van der Waals surface area contributed by atoms with E-state index in [2.05, 4.69) is 45.9 Å². The quantitative estimate of drug-likeness (QED) is 0.381. The lowest BCUT2D eigenvalue weighted by Crippen LogP contribution is -2.22. The molecule has 2 aromatic carbocycles. The molecule has 1 saturated heterocycles. The van der Waals surface area contributed by atoms with Crippen LogP contribution in [0.2, 0.25) is 0 Å². The maximum absolute atomic E-state index is 13.1. The van der Waals surface area contributed by atoms with Crippen molar-refractivity contribution in [2.45, 2.75) is 31.8 Å². The molecular formula is C27H25N5OS. The normalized spacial score (nSPS) is 15.3. The highest BCUT2D eigenvalue weighted by Gasteiger charge is 2.28. The first-order chi connectivity index (χ1) is 16.7. The van der Waals surface area contributed by atoms with Crippen molar-refractivity contribution >= 4 is 28.1 Å². The molecule has 1 unspecified atom stereocenters. The number of carbonyl (C=O) groups is 1. The molecule has 0 aliphatic carbocycles. The summed E-state index contributed by atoms with van der Waals surface area (Å²) in [6.07, 6.45) is 4.42. The maximum Gasteiger partial charge on any atom is 0.274 e. The number of amides is 1. The molecule has 0 saturated carbocycles. The fourth-order valence-electron chi connectivity index (χ4n) is 4.57. The molecule has 170 valence electrons. The highest BCUT2D eigenvalue weighted by atomic mass is 32.1. The summed E-state index contributed by atoms with van der Waals surface area (Å²) in [6, 6.07) is 24.4. The van der Waals surface area contributed by atoms with Gasteiger partial charge in [-0.05, 0) is 48.2 Å². The van der Waals surface area contributed by atoms with Gasteiger partial charge in [-0.3, -0.25) is 10.1 Å². The molecule has 3 heterocycles. The molecule has 0 bridgehead atoms. The van der Waals surface area contributed by atoms with Gasteiger partial charge in [0.05, 0.1) is 24.2 Å². The molecular weight excluding hydrogens is 442 g/mol. The van der Waals surface area contributed by atoms with Gasteiger partial charge in [0.15, 0.2) is 5.13 Å². The van der Waals surface area contributed by atoms with Crippen LogP contribution in [0.15, 0.2) is 78.3 Å². The predicted molar refractivity (Wildman–Crippen MR) is 135 cm³/mol. The molecule has 2 aromatic heterocycles. The van der Waals surface area contributed by atoms with Crippen molar-refractivity contribution in [2.75, 3.05) is 16.8 Å². The van der Waals surface area contributed by atoms with E-state index in [0.717, 1.165) is 36.2 Å². The van der Waals surface area contributed by atoms with Gasteiger partial charge in [0.1, 0.15) is 5.69 Å². The van der Waals surface area contributed by atoms with E-state index < -0.39 is 0 Å². The van der Waals surface area contributed by atoms with Gasteiger partial charge in [0.2, 0.25) is 0 Å². The van der Waals surface area contributed by atoms with Gasteiger partial charge in [-0.25, -0.2) is 4.98 Å². The number of benzene rings is 2. The van der Waals surface area contributed by atoms with Crippen LogP contribution in [0.3, 0.4) is 0 Å². The summed E-state index contributed by atoms with van der Waals surface area (Å²) in [7, 11) is 0. The Kier molecular flexibility index (Phi) is 6.41. The molecule has 1 aliphatic heterocycles. The van der Waals surface area contributed by atoms with Gasteiger partial charge in [0.25, 0.3) is 5.91 Å². The van der Waals surface area contributed by atoms with E-state index in [9.17, 15) is 4.79 Å². The van der Waals surface area contributed by atoms with E-state index >= 15 is 0 Å². The van der Waals surface area contributed by atoms with E-state index in [-0.39, 0.29) is 11.9 Å². The molecule has 34 heavy (non-hydrogen) atoms. The summed E-state index contributed by atoms with van der Waals surface area (Å²) < 4.78 is 1.91. The first-order valence-corrected chi connectivity index (χ1v) is 12.3. The van der Waals surface area contributed by atoms with Gasteiger partial charge in [-0.1, -0.05) is 42.5 Å². The number of carbonyl (C=O) groups excluding carboxylic acids is 1. The van der Waals surface area contributed by atoms with Crippen LogP contribution in [-0.2, 0) is 13.0 Å². The molecule has 4 aromatic rings. The number of aromatic nitrogens is 2. The number of rotatable bonds is 7. The Labute approximate surface area is 203 Å². The first kappa shape index (κ1) is 21.9. The molecule has 1 aliphatic rings. The maximum atomic E-state index is 13.1. The Bertz CT molecular complexity index is 1320. The topological polar surface area (TPSA) is 74.0 Å². The Morgan fingerprint density at radius 1 is 1.09 bits per heavy atom. The van der Waals surface area contributed by atoms with Crippen molar-refractivity contribution in [1.29, 1.82) is 5.26 Å². The largest absolute Gasteiger partial charge is 0.363 e. The van der Waals surface area contributed by atoms with E-state index in [1.54, 1.807) is 0 Å². The van der Waals surface area contributed by atoms with Crippen LogP contribution in [0.1, 0.15) is 46.2 Å². The molecule has 1 N–H and O–H groups in total. The Morgan fingerprint density at radius 2 is 1.88 bits per heavy atom. The van der Waals surface area contributed by atoms with Crippen LogP contribution in [0, 0.1) is 11.3 Å². The van der Waals surface area contributed by atoms with Crippen molar-refractivity contribution in [1.82, 2.24) is 9.55 Å². The zero-order chi connectivity index (χ0) is 23.3. The number of nitrogens with zero attached hydrogens (tertiary/aromatic N) is 4. The number of hydrogen-bond acceptors (Lipinski definition) is 5. The van der Waals surface area contributed by atoms with Gasteiger partial charge in [-0.15, -0.1) is 11.3 Å². The lowest BCUT2D eigenvalue weighted by molar-refractivity contribution is 0.101. The van der Waals surface area contributed by atoms with Crippen molar-refractivity contribution in [2.24, 2.45) is 0 Å². The van der Waals surface area contributed by atoms with Crippen LogP contribution < -0.4 is 10.2 Å². The van der Waals surface area contributed by atoms with E-state index in [4.69, 9.17) is 10.2 Å². The third kappa shape index (κ3) is 4.59. The third-order valence-electron chi connectivity index (χ3n) is 6.22. The molecule has 1 atom stereocenters. The predicted octanol–water partition coefficient (Wildman–Crippen LogP) is 5.65. The molecule has 0 radical (unpaired) electrons. The SMILES string of the molecule is N#CCc1ccccc1Cn1cccc1C(=O)Nc1nc(C2CCCN2c2ccccc2)cs1. The highest BCUT2D eigenvalue weighted by molar-refractivity contribution is 7.14. The number of thiazole rings is 1. The van der Waals surface area contributed by atoms with Crippen LogP contribution >= 0.6 is 11.3 Å². The lowest BCUT2D eigenvalue weighted by atomic mass is 10.1. The summed E-state index contributed by atoms with van der Waals surface area (Å²) in [4.78, 5) is 20.2. The molecule has 1 fully saturated rings. The fraction of sp³-hybridized carbons (Fsp3) is 0.222. The summed E-state index contributed by atoms with van der Waals surface area (Å²) in [5.41, 5.74) is 4.79. The second-order valence-electron chi connectivity index (χ2n) is 8.34. The molecule has 6 nitrogen and oxygen atoms in total. The molecule has 5 rings (SSSR count). The molecule has 0 spiro atoms. The van der Waals surface area contributed by atoms with Crippen LogP contribution in [0.4, 0.5) is 10.8 Å². The Morgan fingerprint density at radius 3 is 2.71 bits per heavy atom. The first-order valence-electron chi connectivity index (χ1n) is 11.4. The third-order valence-corrected chi connectivity index (χ3v) is 6.99. The number of hydrogen-bond donors (Lipinski definition) is 1. The van der Waals surface area contributed by atoms with E-state index in [1.165, 1.54) is 17.0 Å². The van der Waals surface area contributed by atoms with Gasteiger partial charge in [-0.2, -0.15) is 5.26 Å². The Balaban J connectivity index is 1.30. The van der Waals surface area contributed by atoms with Crippen LogP contribution in [-0.4, -0.2) is 22.0 Å². The van der Waals surface area contributed by atoms with Gasteiger partial charge in [0, 0.05) is 30.4 Å². The van der Waals surface area contributed by atoms with Crippen molar-refractivity contribution in [3.8, 4) is 6.07 Å². The number of anilines is 2. The fourth-order valence-corrected chi connectivity index (χ4v) is 5.32. The summed E-state index contributed by atoms with van der Waals surface area (Å²) in [5.74, 6) is -0.185. The zero-order valence-electron chi connectivity index (χ0n) is 18.7. The van der Waals surface area contributed by atoms with E-state index in [1.807, 2.05) is 53.2 Å². The highest BCUT2D eigenvalue weighted by Crippen LogP contribution is 2.37. The van der Waals surface area contributed by atoms with Gasteiger partial charge < -0.3 is 9.47 Å². The Hall–Kier alpha value is -3.89. The average molecular weight is 468 g/mol. The zero-order valence-corrected chi connectivity index (χ0v) is 19.5. The lowest BCUT2D eigenvalue weighted by Gasteiger charge is -2.25. The smallest absolute Gasteiger partial charge is 0.274 e. The number of para-hydroxylation sites is 1. The van der Waals surface area contributed by atoms with Crippen molar-refractivity contribution in [3.63, 3.8) is 0 Å². The van der Waals surface area contributed by atoms with Gasteiger partial charge >= 0.3 is 0 Å². The second-order valence-corrected chi connectivity index (χ2v) is 9.20. The minimum Gasteiger partial charge on any atom is -0.363 e. The van der Waals surface area contributed by atoms with Crippen molar-refractivity contribution < 1.29 is 4.79 Å². The molecule has 1 amide bonds. The average Bonchev–Trinajstić information content (AvgIpc) is 3.62. The monoisotopic (exact) mass is 467 g/mol. The van der Waals surface area contributed by atoms with Crippen molar-refractivity contribution in [3.05, 3.63) is 101 Å². The summed E-state index contributed by atoms with van der Waals surface area (Å²) in [6.45, 7) is 1.54. The minimum atomic E-state index is -0.185. The summed E-state index contributed by atoms with van der Waals surface area (Å²) in [5, 5.41) is 14.8. The summed E-state index contributed by atoms with van der Waals surface area (Å²) >= 11 is 1.46. The van der Waals surface area contributed by atoms with Crippen LogP contribution in [0.25, 0.3) is 0 Å². The van der Waals surface area contributed by atoms with Crippen LogP contribution in [0.5, 0.6) is 0 Å². The minimum absolute atomic E-state index is 0.185. The second kappa shape index (κ2) is 9.94.